The van der Waals surface area contributed by atoms with Gasteiger partial charge in [0, 0.05) is 0 Å². The van der Waals surface area contributed by atoms with Gasteiger partial charge in [0.05, 0.1) is 0 Å². The van der Waals surface area contributed by atoms with Crippen LogP contribution >= 0.6 is 15.8 Å². The zero-order valence-electron chi connectivity index (χ0n) is 23.6. The van der Waals surface area contributed by atoms with E-state index in [9.17, 15) is 0 Å². The summed E-state index contributed by atoms with van der Waals surface area (Å²) in [5, 5.41) is 5.84. The van der Waals surface area contributed by atoms with Gasteiger partial charge < -0.3 is 0 Å². The smallest absolute Gasteiger partial charge is 0.00378 e. The van der Waals surface area contributed by atoms with Crippen molar-refractivity contribution in [2.24, 2.45) is 0 Å². The summed E-state index contributed by atoms with van der Waals surface area (Å²) < 4.78 is 0. The predicted octanol–water partition coefficient (Wildman–Crippen LogP) is 8.80. The van der Waals surface area contributed by atoms with Gasteiger partial charge in [-0.1, -0.05) is 170 Å². The van der Waals surface area contributed by atoms with Crippen LogP contribution in [-0.2, 0) is 0 Å². The van der Waals surface area contributed by atoms with Crippen molar-refractivity contribution >= 4 is 37.1 Å². The Morgan fingerprint density at radius 3 is 0.881 bits per heavy atom. The minimum atomic E-state index is -0.540. The number of hydrogen-bond acceptors (Lipinski definition) is 0. The van der Waals surface area contributed by atoms with Gasteiger partial charge in [0.15, 0.2) is 0 Å². The van der Waals surface area contributed by atoms with E-state index in [-0.39, 0.29) is 0 Å². The third-order valence-electron chi connectivity index (χ3n) is 8.53. The molecule has 2 atom stereocenters. The second kappa shape index (κ2) is 12.6. The molecule has 2 heteroatoms. The molecule has 0 amide bonds. The molecule has 0 heterocycles. The zero-order valence-corrected chi connectivity index (χ0v) is 25.4. The normalized spacial score (nSPS) is 15.8. The number of hydrogen-bond donors (Lipinski definition) is 0. The van der Waals surface area contributed by atoms with Crippen LogP contribution in [0, 0.1) is 0 Å². The van der Waals surface area contributed by atoms with Crippen molar-refractivity contribution in [3.05, 3.63) is 181 Å². The first-order valence-electron chi connectivity index (χ1n) is 14.8. The van der Waals surface area contributed by atoms with Crippen LogP contribution in [-0.4, -0.2) is 12.3 Å². The van der Waals surface area contributed by atoms with E-state index in [1.54, 1.807) is 0 Å². The number of rotatable bonds is 8. The second-order valence-electron chi connectivity index (χ2n) is 11.0. The van der Waals surface area contributed by atoms with Crippen molar-refractivity contribution in [3.63, 3.8) is 0 Å². The summed E-state index contributed by atoms with van der Waals surface area (Å²) in [6.07, 6.45) is 2.26. The molecule has 6 aromatic rings. The fourth-order valence-corrected chi connectivity index (χ4v) is 11.8. The third kappa shape index (κ3) is 5.51. The fourth-order valence-electron chi connectivity index (χ4n) is 6.56. The van der Waals surface area contributed by atoms with E-state index in [2.05, 4.69) is 170 Å². The van der Waals surface area contributed by atoms with Gasteiger partial charge in [-0.25, -0.2) is 0 Å². The largest absolute Gasteiger partial charge is 0.0622 e. The molecule has 0 aromatic heterocycles. The molecular weight excluding hydrogens is 542 g/mol. The first kappa shape index (κ1) is 27.0. The van der Waals surface area contributed by atoms with E-state index in [1.165, 1.54) is 43.5 Å². The van der Waals surface area contributed by atoms with Crippen molar-refractivity contribution in [2.75, 3.05) is 12.3 Å². The highest BCUT2D eigenvalue weighted by Gasteiger charge is 2.37. The van der Waals surface area contributed by atoms with Crippen LogP contribution in [0.1, 0.15) is 23.0 Å². The van der Waals surface area contributed by atoms with Gasteiger partial charge in [-0.2, -0.15) is 0 Å². The van der Waals surface area contributed by atoms with Crippen LogP contribution in [0.2, 0.25) is 0 Å². The highest BCUT2D eigenvalue weighted by molar-refractivity contribution is 7.73. The molecule has 0 N–H and O–H groups in total. The quantitative estimate of drug-likeness (QED) is 0.159. The molecule has 0 fully saturated rings. The summed E-state index contributed by atoms with van der Waals surface area (Å²) in [5.74, 6) is 0.833. The van der Waals surface area contributed by atoms with Crippen molar-refractivity contribution in [2.45, 2.75) is 11.8 Å². The van der Waals surface area contributed by atoms with Gasteiger partial charge in [-0.15, -0.1) is 0 Å². The van der Waals surface area contributed by atoms with Crippen LogP contribution in [0.5, 0.6) is 0 Å². The monoisotopic (exact) mass is 576 g/mol. The topological polar surface area (TPSA) is 0 Å². The SMILES string of the molecule is c1ccc(P(C[C@H]2c3ccccc3-c3ccccc3[C@@H]2CP(c2ccccc2)c2ccccc2)c2ccccc2)cc1. The number of fused-ring (bicyclic) bond motifs is 3. The molecule has 0 nitrogen and oxygen atoms in total. The molecule has 1 aliphatic rings. The Kier molecular flexibility index (Phi) is 8.10. The highest BCUT2D eigenvalue weighted by Crippen LogP contribution is 2.55. The van der Waals surface area contributed by atoms with Crippen LogP contribution in [0.15, 0.2) is 170 Å². The van der Waals surface area contributed by atoms with Gasteiger partial charge in [0.1, 0.15) is 0 Å². The molecule has 6 aromatic carbocycles. The minimum absolute atomic E-state index is 0.417. The molecule has 0 aliphatic heterocycles. The van der Waals surface area contributed by atoms with Crippen molar-refractivity contribution in [1.29, 1.82) is 0 Å². The average molecular weight is 577 g/mol. The van der Waals surface area contributed by atoms with Crippen molar-refractivity contribution in [1.82, 2.24) is 0 Å². The van der Waals surface area contributed by atoms with Gasteiger partial charge in [0.25, 0.3) is 0 Å². The van der Waals surface area contributed by atoms with E-state index >= 15 is 0 Å². The Morgan fingerprint density at radius 2 is 0.571 bits per heavy atom. The Bertz CT molecular complexity index is 1520. The summed E-state index contributed by atoms with van der Waals surface area (Å²) in [4.78, 5) is 0. The molecule has 42 heavy (non-hydrogen) atoms. The van der Waals surface area contributed by atoms with Crippen molar-refractivity contribution < 1.29 is 0 Å². The van der Waals surface area contributed by atoms with Gasteiger partial charge in [-0.05, 0) is 83.5 Å². The molecule has 0 saturated carbocycles. The van der Waals surface area contributed by atoms with E-state index in [0.29, 0.717) is 11.8 Å². The molecular formula is C40H34P2. The molecule has 0 unspecified atom stereocenters. The van der Waals surface area contributed by atoms with Crippen LogP contribution in [0.25, 0.3) is 11.1 Å². The van der Waals surface area contributed by atoms with Gasteiger partial charge in [-0.3, -0.25) is 0 Å². The average Bonchev–Trinajstić information content (AvgIpc) is 3.08. The standard InChI is InChI=1S/C40H34P2/c1-5-17-31(18-6-1)41(32-19-7-2-8-20-32)29-39-37-27-15-13-25-35(37)36-26-14-16-28-38(36)40(39)30-42(33-21-9-3-10-22-33)34-23-11-4-12-24-34/h1-28,39-40H,29-30H2/t39-,40-/m0/s1. The molecule has 7 rings (SSSR count). The molecule has 1 aliphatic carbocycles. The maximum Gasteiger partial charge on any atom is -0.00378 e. The van der Waals surface area contributed by atoms with Crippen LogP contribution in [0.4, 0.5) is 0 Å². The summed E-state index contributed by atoms with van der Waals surface area (Å²) in [7, 11) is -1.08. The lowest BCUT2D eigenvalue weighted by molar-refractivity contribution is 0.629. The maximum atomic E-state index is 2.42. The van der Waals surface area contributed by atoms with Gasteiger partial charge in [0.2, 0.25) is 0 Å². The van der Waals surface area contributed by atoms with Crippen LogP contribution < -0.4 is 21.2 Å². The summed E-state index contributed by atoms with van der Waals surface area (Å²) in [6.45, 7) is 0. The lowest BCUT2D eigenvalue weighted by atomic mass is 9.73. The predicted molar refractivity (Wildman–Crippen MR) is 185 cm³/mol. The van der Waals surface area contributed by atoms with E-state index < -0.39 is 15.8 Å². The second-order valence-corrected chi connectivity index (χ2v) is 15.5. The van der Waals surface area contributed by atoms with E-state index in [4.69, 9.17) is 0 Å². The molecule has 0 radical (unpaired) electrons. The Labute approximate surface area is 252 Å². The molecule has 204 valence electrons. The Balaban J connectivity index is 1.38. The first-order chi connectivity index (χ1) is 20.9. The molecule has 0 saturated heterocycles. The Hall–Kier alpha value is -3.82. The maximum absolute atomic E-state index is 2.42. The first-order valence-corrected chi connectivity index (χ1v) is 17.9. The number of benzene rings is 6. The lowest BCUT2D eigenvalue weighted by Crippen LogP contribution is -2.28. The zero-order chi connectivity index (χ0) is 28.1. The summed E-state index contributed by atoms with van der Waals surface area (Å²) in [6, 6.07) is 63.4. The van der Waals surface area contributed by atoms with E-state index in [0.717, 1.165) is 12.3 Å². The van der Waals surface area contributed by atoms with Crippen LogP contribution in [0.3, 0.4) is 0 Å². The lowest BCUT2D eigenvalue weighted by Gasteiger charge is -2.39. The van der Waals surface area contributed by atoms with Crippen molar-refractivity contribution in [3.8, 4) is 11.1 Å². The fraction of sp³-hybridized carbons (Fsp3) is 0.100. The molecule has 0 spiro atoms. The van der Waals surface area contributed by atoms with E-state index in [1.807, 2.05) is 0 Å². The minimum Gasteiger partial charge on any atom is -0.0622 e. The van der Waals surface area contributed by atoms with Gasteiger partial charge >= 0.3 is 0 Å². The Morgan fingerprint density at radius 1 is 0.310 bits per heavy atom. The third-order valence-corrected chi connectivity index (χ3v) is 13.7. The molecule has 0 bridgehead atoms. The summed E-state index contributed by atoms with van der Waals surface area (Å²) in [5.41, 5.74) is 5.84. The summed E-state index contributed by atoms with van der Waals surface area (Å²) >= 11 is 0. The highest BCUT2D eigenvalue weighted by atomic mass is 31.1.